The number of methoxy groups -OCH3 is 1. The molecule has 0 saturated carbocycles. The van der Waals surface area contributed by atoms with Crippen molar-refractivity contribution >= 4 is 23.7 Å². The number of phenols is 1. The number of rotatable bonds is 8. The van der Waals surface area contributed by atoms with Gasteiger partial charge in [0.15, 0.2) is 11.5 Å². The molecule has 1 saturated heterocycles. The van der Waals surface area contributed by atoms with Crippen LogP contribution in [0.3, 0.4) is 0 Å². The van der Waals surface area contributed by atoms with Crippen molar-refractivity contribution in [3.05, 3.63) is 101 Å². The molecule has 12 heteroatoms. The van der Waals surface area contributed by atoms with Gasteiger partial charge in [-0.3, -0.25) is 14.8 Å². The molecular formula is C35H29FN6O5. The standard InChI is InChI=1S/C35H29FN6O5/c1-47-31-10-9-23(17-30(31)43)28-20-39-34(27(19-38)33(28)24-7-8-25(18-37)29(36)16-24)42-14-12-26(13-15-42)40-35(45)22-5-2-21(3-6-22)4-11-32(44)41-46/h2-11,16-17,20,26,43,46H,12-15H2,1H3,(H,40,45)(H,41,44)/b11-4+. The number of ether oxygens (including phenoxy) is 1. The molecule has 0 unspecified atom stereocenters. The van der Waals surface area contributed by atoms with Crippen LogP contribution in [0.1, 0.15) is 39.9 Å². The summed E-state index contributed by atoms with van der Waals surface area (Å²) in [6, 6.07) is 19.5. The minimum absolute atomic E-state index is 0.117. The SMILES string of the molecule is COc1ccc(-c2cnc(N3CCC(NC(=O)c4ccc(/C=C/C(=O)NO)cc4)CC3)c(C#N)c2-c2ccc(C#N)c(F)c2)cc1O. The molecule has 0 atom stereocenters. The number of benzene rings is 3. The number of aromatic nitrogens is 1. The summed E-state index contributed by atoms with van der Waals surface area (Å²) in [4.78, 5) is 30.7. The molecule has 47 heavy (non-hydrogen) atoms. The van der Waals surface area contributed by atoms with Crippen molar-refractivity contribution in [3.8, 4) is 45.9 Å². The summed E-state index contributed by atoms with van der Waals surface area (Å²) in [5.41, 5.74) is 4.49. The van der Waals surface area contributed by atoms with Gasteiger partial charge in [0.1, 0.15) is 29.3 Å². The lowest BCUT2D eigenvalue weighted by Crippen LogP contribution is -2.45. The van der Waals surface area contributed by atoms with E-state index < -0.39 is 11.7 Å². The molecule has 0 radical (unpaired) electrons. The number of hydrogen-bond donors (Lipinski definition) is 4. The molecule has 2 amide bonds. The van der Waals surface area contributed by atoms with Crippen molar-refractivity contribution in [2.45, 2.75) is 18.9 Å². The molecule has 0 aliphatic carbocycles. The zero-order valence-corrected chi connectivity index (χ0v) is 25.2. The molecular weight excluding hydrogens is 603 g/mol. The van der Waals surface area contributed by atoms with Crippen LogP contribution in [0, 0.1) is 28.5 Å². The van der Waals surface area contributed by atoms with E-state index in [1.165, 1.54) is 42.9 Å². The Morgan fingerprint density at radius 2 is 1.77 bits per heavy atom. The van der Waals surface area contributed by atoms with E-state index in [1.54, 1.807) is 48.7 Å². The highest BCUT2D eigenvalue weighted by molar-refractivity contribution is 5.95. The summed E-state index contributed by atoms with van der Waals surface area (Å²) >= 11 is 0. The fourth-order valence-electron chi connectivity index (χ4n) is 5.44. The van der Waals surface area contributed by atoms with Crippen molar-refractivity contribution in [1.29, 1.82) is 10.5 Å². The molecule has 236 valence electrons. The Balaban J connectivity index is 1.39. The smallest absolute Gasteiger partial charge is 0.267 e. The van der Waals surface area contributed by atoms with Crippen molar-refractivity contribution in [3.63, 3.8) is 0 Å². The van der Waals surface area contributed by atoms with E-state index in [4.69, 9.17) is 9.94 Å². The number of phenolic OH excluding ortho intramolecular Hbond substituents is 1. The summed E-state index contributed by atoms with van der Waals surface area (Å²) < 4.78 is 20.0. The van der Waals surface area contributed by atoms with Gasteiger partial charge in [0.05, 0.1) is 12.7 Å². The second-order valence-electron chi connectivity index (χ2n) is 10.7. The minimum atomic E-state index is -0.729. The second-order valence-corrected chi connectivity index (χ2v) is 10.7. The number of carbonyl (C=O) groups is 2. The van der Waals surface area contributed by atoms with Crippen molar-refractivity contribution in [1.82, 2.24) is 15.8 Å². The number of nitrogens with zero attached hydrogens (tertiary/aromatic N) is 4. The van der Waals surface area contributed by atoms with Gasteiger partial charge in [0.25, 0.3) is 11.8 Å². The first-order chi connectivity index (χ1) is 22.8. The van der Waals surface area contributed by atoms with Crippen LogP contribution in [0.5, 0.6) is 11.5 Å². The maximum atomic E-state index is 14.8. The third kappa shape index (κ3) is 7.04. The van der Waals surface area contributed by atoms with Crippen LogP contribution < -0.4 is 20.4 Å². The summed E-state index contributed by atoms with van der Waals surface area (Å²) in [6.07, 6.45) is 5.39. The van der Waals surface area contributed by atoms with Crippen LogP contribution >= 0.6 is 0 Å². The van der Waals surface area contributed by atoms with Crippen molar-refractivity contribution < 1.29 is 29.0 Å². The lowest BCUT2D eigenvalue weighted by molar-refractivity contribution is -0.124. The summed E-state index contributed by atoms with van der Waals surface area (Å²) in [7, 11) is 1.43. The molecule has 4 N–H and O–H groups in total. The second kappa shape index (κ2) is 14.2. The van der Waals surface area contributed by atoms with Gasteiger partial charge in [-0.15, -0.1) is 0 Å². The van der Waals surface area contributed by atoms with Gasteiger partial charge in [-0.05, 0) is 72.0 Å². The van der Waals surface area contributed by atoms with E-state index in [-0.39, 0.29) is 34.6 Å². The summed E-state index contributed by atoms with van der Waals surface area (Å²) in [5.74, 6) is -1.10. The number of piperidine rings is 1. The van der Waals surface area contributed by atoms with Gasteiger partial charge < -0.3 is 20.1 Å². The number of anilines is 1. The van der Waals surface area contributed by atoms with E-state index in [0.717, 1.165) is 0 Å². The Kier molecular flexibility index (Phi) is 9.75. The average molecular weight is 633 g/mol. The largest absolute Gasteiger partial charge is 0.504 e. The van der Waals surface area contributed by atoms with Gasteiger partial charge in [-0.1, -0.05) is 24.3 Å². The van der Waals surface area contributed by atoms with E-state index in [2.05, 4.69) is 16.4 Å². The van der Waals surface area contributed by atoms with Crippen LogP contribution in [-0.4, -0.2) is 53.4 Å². The van der Waals surface area contributed by atoms with Gasteiger partial charge >= 0.3 is 0 Å². The number of pyridine rings is 1. The molecule has 2 heterocycles. The lowest BCUT2D eigenvalue weighted by Gasteiger charge is -2.34. The molecule has 11 nitrogen and oxygen atoms in total. The Hall–Kier alpha value is -6.24. The number of nitriles is 2. The topological polar surface area (TPSA) is 172 Å². The molecule has 1 aliphatic heterocycles. The number of nitrogens with one attached hydrogen (secondary N) is 2. The van der Waals surface area contributed by atoms with E-state index in [9.17, 15) is 29.6 Å². The predicted molar refractivity (Wildman–Crippen MR) is 171 cm³/mol. The number of aromatic hydroxyl groups is 1. The highest BCUT2D eigenvalue weighted by atomic mass is 19.1. The van der Waals surface area contributed by atoms with Crippen LogP contribution in [-0.2, 0) is 4.79 Å². The van der Waals surface area contributed by atoms with Crippen LogP contribution in [0.4, 0.5) is 10.2 Å². The first kappa shape index (κ1) is 32.2. The molecule has 3 aromatic carbocycles. The maximum absolute atomic E-state index is 14.8. The first-order valence-corrected chi connectivity index (χ1v) is 14.5. The average Bonchev–Trinajstić information content (AvgIpc) is 3.10. The molecule has 5 rings (SSSR count). The molecule has 4 aromatic rings. The third-order valence-electron chi connectivity index (χ3n) is 7.88. The zero-order valence-electron chi connectivity index (χ0n) is 25.2. The number of halogens is 1. The summed E-state index contributed by atoms with van der Waals surface area (Å²) in [5, 5.41) is 41.8. The maximum Gasteiger partial charge on any atom is 0.267 e. The highest BCUT2D eigenvalue weighted by Crippen LogP contribution is 2.41. The number of amides is 2. The molecule has 1 fully saturated rings. The third-order valence-corrected chi connectivity index (χ3v) is 7.88. The van der Waals surface area contributed by atoms with Gasteiger partial charge in [-0.25, -0.2) is 14.9 Å². The normalized spacial score (nSPS) is 13.1. The van der Waals surface area contributed by atoms with Crippen molar-refractivity contribution in [2.75, 3.05) is 25.1 Å². The molecule has 1 aliphatic rings. The Labute approximate surface area is 269 Å². The minimum Gasteiger partial charge on any atom is -0.504 e. The number of hydrogen-bond acceptors (Lipinski definition) is 9. The van der Waals surface area contributed by atoms with Crippen LogP contribution in [0.2, 0.25) is 0 Å². The van der Waals surface area contributed by atoms with Crippen LogP contribution in [0.15, 0.2) is 72.9 Å². The highest BCUT2D eigenvalue weighted by Gasteiger charge is 2.27. The van der Waals surface area contributed by atoms with E-state index >= 15 is 0 Å². The number of carbonyl (C=O) groups excluding carboxylic acids is 2. The molecule has 1 aromatic heterocycles. The van der Waals surface area contributed by atoms with Crippen LogP contribution in [0.25, 0.3) is 28.3 Å². The van der Waals surface area contributed by atoms with Gasteiger partial charge in [0.2, 0.25) is 0 Å². The monoisotopic (exact) mass is 632 g/mol. The van der Waals surface area contributed by atoms with Crippen molar-refractivity contribution in [2.24, 2.45) is 0 Å². The molecule has 0 spiro atoms. The lowest BCUT2D eigenvalue weighted by atomic mass is 9.91. The number of hydroxylamine groups is 1. The van der Waals surface area contributed by atoms with E-state index in [1.807, 2.05) is 11.0 Å². The fourth-order valence-corrected chi connectivity index (χ4v) is 5.44. The first-order valence-electron chi connectivity index (χ1n) is 14.5. The molecule has 0 bridgehead atoms. The van der Waals surface area contributed by atoms with E-state index in [0.29, 0.717) is 65.1 Å². The van der Waals surface area contributed by atoms with Gasteiger partial charge in [-0.2, -0.15) is 10.5 Å². The Morgan fingerprint density at radius 3 is 2.38 bits per heavy atom. The fraction of sp³-hybridized carbons (Fsp3) is 0.171. The summed E-state index contributed by atoms with van der Waals surface area (Å²) in [6.45, 7) is 0.959. The Morgan fingerprint density at radius 1 is 1.04 bits per heavy atom. The predicted octanol–water partition coefficient (Wildman–Crippen LogP) is 4.93. The zero-order chi connectivity index (χ0) is 33.5. The quantitative estimate of drug-likeness (QED) is 0.119. The Bertz CT molecular complexity index is 1940. The van der Waals surface area contributed by atoms with Gasteiger partial charge in [0, 0.05) is 48.1 Å².